The molecule has 1 heterocycles. The first-order valence-electron chi connectivity index (χ1n) is 6.43. The van der Waals surface area contributed by atoms with Crippen molar-refractivity contribution in [2.45, 2.75) is 24.8 Å². The van der Waals surface area contributed by atoms with Gasteiger partial charge in [0.15, 0.2) is 0 Å². The molecule has 90 valence electrons. The van der Waals surface area contributed by atoms with Gasteiger partial charge in [-0.15, -0.1) is 0 Å². The fraction of sp³-hybridized carbons (Fsp3) is 0.467. The summed E-state index contributed by atoms with van der Waals surface area (Å²) in [7, 11) is 0. The lowest BCUT2D eigenvalue weighted by molar-refractivity contribution is 0.231. The zero-order valence-electron chi connectivity index (χ0n) is 10.2. The third-order valence-electron chi connectivity index (χ3n) is 4.27. The molecule has 0 aromatic heterocycles. The Bertz CT molecular complexity index is 414. The molecule has 0 saturated carbocycles. The van der Waals surface area contributed by atoms with Crippen molar-refractivity contribution >= 4 is 12.6 Å². The summed E-state index contributed by atoms with van der Waals surface area (Å²) >= 11 is 4.84. The summed E-state index contributed by atoms with van der Waals surface area (Å²) in [6.07, 6.45) is 5.91. The highest BCUT2D eigenvalue weighted by Crippen LogP contribution is 2.43. The van der Waals surface area contributed by atoms with Crippen LogP contribution in [0.1, 0.15) is 24.9 Å². The maximum absolute atomic E-state index is 4.84. The molecule has 0 amide bonds. The molecule has 3 rings (SSSR count). The molecule has 0 unspecified atom stereocenters. The van der Waals surface area contributed by atoms with E-state index in [2.05, 4.69) is 54.3 Å². The van der Waals surface area contributed by atoms with Crippen molar-refractivity contribution in [2.24, 2.45) is 11.8 Å². The zero-order valence-corrected chi connectivity index (χ0v) is 11.1. The van der Waals surface area contributed by atoms with Crippen LogP contribution in [-0.4, -0.2) is 16.8 Å². The van der Waals surface area contributed by atoms with Gasteiger partial charge in [0, 0.05) is 12.6 Å². The van der Waals surface area contributed by atoms with Gasteiger partial charge in [-0.2, -0.15) is 12.6 Å². The topological polar surface area (TPSA) is 3.24 Å². The van der Waals surface area contributed by atoms with E-state index in [4.69, 9.17) is 12.6 Å². The van der Waals surface area contributed by atoms with Crippen molar-refractivity contribution < 1.29 is 0 Å². The number of nitrogens with zero attached hydrogens (tertiary/aromatic N) is 1. The van der Waals surface area contributed by atoms with E-state index in [9.17, 15) is 0 Å². The maximum Gasteiger partial charge on any atom is 0.0570 e. The number of allylic oxidation sites excluding steroid dienone is 1. The van der Waals surface area contributed by atoms with Crippen molar-refractivity contribution in [1.29, 1.82) is 0 Å². The van der Waals surface area contributed by atoms with E-state index in [1.165, 1.54) is 12.0 Å². The van der Waals surface area contributed by atoms with Crippen molar-refractivity contribution in [1.82, 2.24) is 4.90 Å². The summed E-state index contributed by atoms with van der Waals surface area (Å²) in [5.74, 6) is 1.45. The van der Waals surface area contributed by atoms with Gasteiger partial charge in [-0.05, 0) is 30.7 Å². The fourth-order valence-corrected chi connectivity index (χ4v) is 3.81. The maximum atomic E-state index is 4.84. The second-order valence-corrected chi connectivity index (χ2v) is 5.72. The van der Waals surface area contributed by atoms with Crippen LogP contribution < -0.4 is 0 Å². The number of fused-ring (bicyclic) bond motifs is 1. The molecule has 2 aliphatic rings. The number of hydrogen-bond acceptors (Lipinski definition) is 2. The van der Waals surface area contributed by atoms with Crippen LogP contribution in [0.4, 0.5) is 0 Å². The minimum atomic E-state index is 0.408. The Balaban J connectivity index is 1.79. The minimum Gasteiger partial charge on any atom is -0.284 e. The van der Waals surface area contributed by atoms with Crippen LogP contribution in [0.3, 0.4) is 0 Å². The Kier molecular flexibility index (Phi) is 3.01. The second-order valence-electron chi connectivity index (χ2n) is 5.19. The molecule has 0 radical (unpaired) electrons. The van der Waals surface area contributed by atoms with Gasteiger partial charge in [0.1, 0.15) is 0 Å². The van der Waals surface area contributed by atoms with E-state index < -0.39 is 0 Å². The molecule has 4 atom stereocenters. The van der Waals surface area contributed by atoms with Crippen LogP contribution in [-0.2, 0) is 0 Å². The first kappa shape index (κ1) is 11.4. The van der Waals surface area contributed by atoms with Gasteiger partial charge >= 0.3 is 0 Å². The van der Waals surface area contributed by atoms with Crippen LogP contribution >= 0.6 is 12.6 Å². The number of thiol groups is 1. The van der Waals surface area contributed by atoms with Crippen LogP contribution in [0, 0.1) is 11.8 Å². The first-order valence-corrected chi connectivity index (χ1v) is 6.94. The van der Waals surface area contributed by atoms with Gasteiger partial charge in [-0.3, -0.25) is 4.90 Å². The van der Waals surface area contributed by atoms with Gasteiger partial charge in [-0.1, -0.05) is 42.5 Å². The Labute approximate surface area is 109 Å². The van der Waals surface area contributed by atoms with E-state index in [0.29, 0.717) is 11.4 Å². The lowest BCUT2D eigenvalue weighted by Gasteiger charge is -2.29. The molecule has 1 aromatic rings. The Morgan fingerprint density at radius 1 is 1.29 bits per heavy atom. The normalized spacial score (nSPS) is 33.9. The Hall–Kier alpha value is -0.730. The largest absolute Gasteiger partial charge is 0.284 e. The summed E-state index contributed by atoms with van der Waals surface area (Å²) in [6.45, 7) is 3.45. The number of rotatable bonds is 2. The summed E-state index contributed by atoms with van der Waals surface area (Å²) in [5, 5.41) is 0.408. The minimum absolute atomic E-state index is 0.408. The first-order chi connectivity index (χ1) is 8.27. The molecule has 1 aliphatic carbocycles. The predicted molar refractivity (Wildman–Crippen MR) is 75.1 cm³/mol. The molecule has 0 bridgehead atoms. The average Bonchev–Trinajstić information content (AvgIpc) is 2.93. The summed E-state index contributed by atoms with van der Waals surface area (Å²) in [6, 6.07) is 11.2. The summed E-state index contributed by atoms with van der Waals surface area (Å²) in [4.78, 5) is 2.54. The molecule has 1 saturated heterocycles. The molecule has 2 heteroatoms. The summed E-state index contributed by atoms with van der Waals surface area (Å²) < 4.78 is 0. The highest BCUT2D eigenvalue weighted by Gasteiger charge is 2.41. The lowest BCUT2D eigenvalue weighted by atomic mass is 10.0. The second kappa shape index (κ2) is 4.51. The highest BCUT2D eigenvalue weighted by atomic mass is 32.1. The molecule has 0 N–H and O–H groups in total. The number of benzene rings is 1. The van der Waals surface area contributed by atoms with E-state index in [1.807, 2.05) is 0 Å². The smallest absolute Gasteiger partial charge is 0.0570 e. The summed E-state index contributed by atoms with van der Waals surface area (Å²) in [5.41, 5.74) is 1.40. The van der Waals surface area contributed by atoms with Gasteiger partial charge in [-0.25, -0.2) is 0 Å². The third-order valence-corrected chi connectivity index (χ3v) is 4.94. The molecule has 0 spiro atoms. The molecular weight excluding hydrogens is 226 g/mol. The lowest BCUT2D eigenvalue weighted by Crippen LogP contribution is -2.31. The Morgan fingerprint density at radius 2 is 2.06 bits per heavy atom. The van der Waals surface area contributed by atoms with Gasteiger partial charge in [0.25, 0.3) is 0 Å². The molecule has 17 heavy (non-hydrogen) atoms. The number of likely N-dealkylation sites (tertiary alicyclic amines) is 1. The van der Waals surface area contributed by atoms with Gasteiger partial charge in [0.2, 0.25) is 0 Å². The molecule has 1 aliphatic heterocycles. The Morgan fingerprint density at radius 3 is 2.76 bits per heavy atom. The van der Waals surface area contributed by atoms with Gasteiger partial charge in [0.05, 0.1) is 5.37 Å². The van der Waals surface area contributed by atoms with E-state index in [0.717, 1.165) is 18.4 Å². The van der Waals surface area contributed by atoms with Crippen LogP contribution in [0.25, 0.3) is 0 Å². The van der Waals surface area contributed by atoms with Crippen LogP contribution in [0.2, 0.25) is 0 Å². The molecule has 1 aromatic carbocycles. The monoisotopic (exact) mass is 245 g/mol. The molecular formula is C15H19NS. The van der Waals surface area contributed by atoms with Crippen molar-refractivity contribution in [3.05, 3.63) is 48.0 Å². The molecule has 1 nitrogen and oxygen atoms in total. The van der Waals surface area contributed by atoms with Crippen LogP contribution in [0.5, 0.6) is 0 Å². The standard InChI is InChI=1S/C15H19NS/c1-11(12-6-3-2-4-7-12)16-10-13-8-5-9-14(13)15(16)17/h2-8,11,13-15,17H,9-10H2,1H3/t11-,13-,14+,15+/m1/s1. The molecule has 1 fully saturated rings. The predicted octanol–water partition coefficient (Wildman–Crippen LogP) is 3.51. The van der Waals surface area contributed by atoms with E-state index in [1.54, 1.807) is 0 Å². The van der Waals surface area contributed by atoms with E-state index in [-0.39, 0.29) is 0 Å². The zero-order chi connectivity index (χ0) is 11.8. The van der Waals surface area contributed by atoms with Crippen molar-refractivity contribution in [3.63, 3.8) is 0 Å². The SMILES string of the molecule is C[C@H](c1ccccc1)N1C[C@H]2C=CC[C@@H]2[C@@H]1S. The van der Waals surface area contributed by atoms with E-state index >= 15 is 0 Å². The fourth-order valence-electron chi connectivity index (χ4n) is 3.17. The number of hydrogen-bond donors (Lipinski definition) is 1. The van der Waals surface area contributed by atoms with Crippen LogP contribution in [0.15, 0.2) is 42.5 Å². The average molecular weight is 245 g/mol. The third kappa shape index (κ3) is 1.94. The highest BCUT2D eigenvalue weighted by molar-refractivity contribution is 7.80. The van der Waals surface area contributed by atoms with Gasteiger partial charge < -0.3 is 0 Å². The van der Waals surface area contributed by atoms with Crippen molar-refractivity contribution in [3.8, 4) is 0 Å². The quantitative estimate of drug-likeness (QED) is 0.616. The van der Waals surface area contributed by atoms with Crippen molar-refractivity contribution in [2.75, 3.05) is 6.54 Å².